The maximum absolute atomic E-state index is 13.5. The van der Waals surface area contributed by atoms with Gasteiger partial charge in [-0.15, -0.1) is 11.8 Å². The molecule has 6 rings (SSSR count). The highest BCUT2D eigenvalue weighted by Crippen LogP contribution is 2.68. The number of halogens is 1. The van der Waals surface area contributed by atoms with Crippen LogP contribution >= 0.6 is 34.7 Å². The summed E-state index contributed by atoms with van der Waals surface area (Å²) in [6.45, 7) is 0.369. The SMILES string of the molecule is O=C(O)CCCCCN1C(=O)[C@@H]2[C@H]3C[C@@H]([C@@H]2C1=O)[C@@H]1[C@@H](c2ccc(Cl)cc2)c2sc(=O)[nH]c2S[C@H]31. The lowest BCUT2D eigenvalue weighted by Crippen LogP contribution is -2.42. The molecule has 1 saturated heterocycles. The summed E-state index contributed by atoms with van der Waals surface area (Å²) in [7, 11) is 0. The maximum atomic E-state index is 13.5. The van der Waals surface area contributed by atoms with Crippen molar-refractivity contribution < 1.29 is 19.5 Å². The highest BCUT2D eigenvalue weighted by molar-refractivity contribution is 8.00. The number of nitrogens with zero attached hydrogens (tertiary/aromatic N) is 1. The largest absolute Gasteiger partial charge is 0.481 e. The number of carboxylic acid groups (broad SMARTS) is 1. The number of hydrogen-bond donors (Lipinski definition) is 2. The first-order chi connectivity index (χ1) is 16.8. The van der Waals surface area contributed by atoms with E-state index in [2.05, 4.69) is 4.98 Å². The number of benzene rings is 1. The molecule has 2 aliphatic heterocycles. The number of carbonyl (C=O) groups excluding carboxylic acids is 2. The fourth-order valence-electron chi connectivity index (χ4n) is 7.07. The summed E-state index contributed by atoms with van der Waals surface area (Å²) < 4.78 is 0. The normalized spacial score (nSPS) is 32.6. The zero-order valence-corrected chi connectivity index (χ0v) is 21.2. The summed E-state index contributed by atoms with van der Waals surface area (Å²) in [6, 6.07) is 7.77. The molecule has 10 heteroatoms. The molecule has 35 heavy (non-hydrogen) atoms. The zero-order valence-electron chi connectivity index (χ0n) is 18.8. The van der Waals surface area contributed by atoms with Gasteiger partial charge in [-0.05, 0) is 54.7 Å². The van der Waals surface area contributed by atoms with Crippen LogP contribution in [0.25, 0.3) is 0 Å². The topological polar surface area (TPSA) is 108 Å². The van der Waals surface area contributed by atoms with Crippen molar-refractivity contribution in [2.45, 2.75) is 48.3 Å². The predicted molar refractivity (Wildman–Crippen MR) is 133 cm³/mol. The molecule has 2 aromatic rings. The van der Waals surface area contributed by atoms with Crippen molar-refractivity contribution in [2.75, 3.05) is 6.54 Å². The van der Waals surface area contributed by atoms with Crippen molar-refractivity contribution in [1.82, 2.24) is 9.88 Å². The van der Waals surface area contributed by atoms with E-state index in [-0.39, 0.29) is 63.9 Å². The Morgan fingerprint density at radius 2 is 1.77 bits per heavy atom. The lowest BCUT2D eigenvalue weighted by Gasteiger charge is -2.43. The fourth-order valence-corrected chi connectivity index (χ4v) is 10.1. The van der Waals surface area contributed by atoms with Gasteiger partial charge in [-0.1, -0.05) is 41.5 Å². The predicted octanol–water partition coefficient (Wildman–Crippen LogP) is 4.21. The number of hydrogen-bond acceptors (Lipinski definition) is 6. The van der Waals surface area contributed by atoms with Crippen molar-refractivity contribution in [3.63, 3.8) is 0 Å². The van der Waals surface area contributed by atoms with Gasteiger partial charge >= 0.3 is 10.8 Å². The summed E-state index contributed by atoms with van der Waals surface area (Å²) in [6.07, 6.45) is 2.83. The van der Waals surface area contributed by atoms with Gasteiger partial charge < -0.3 is 10.1 Å². The summed E-state index contributed by atoms with van der Waals surface area (Å²) in [4.78, 5) is 55.4. The molecule has 3 heterocycles. The molecule has 2 aliphatic carbocycles. The summed E-state index contributed by atoms with van der Waals surface area (Å²) in [5, 5.41) is 10.5. The Balaban J connectivity index is 1.28. The van der Waals surface area contributed by atoms with Crippen LogP contribution in [0, 0.1) is 29.6 Å². The number of carbonyl (C=O) groups is 3. The van der Waals surface area contributed by atoms with Crippen LogP contribution < -0.4 is 4.87 Å². The van der Waals surface area contributed by atoms with E-state index in [4.69, 9.17) is 16.7 Å². The number of nitrogens with one attached hydrogen (secondary N) is 1. The Morgan fingerprint density at radius 1 is 1.06 bits per heavy atom. The molecule has 1 aromatic carbocycles. The number of H-pyrrole nitrogens is 1. The second kappa shape index (κ2) is 8.78. The molecular weight excluding hydrogens is 508 g/mol. The van der Waals surface area contributed by atoms with E-state index in [0.29, 0.717) is 30.8 Å². The zero-order chi connectivity index (χ0) is 24.4. The van der Waals surface area contributed by atoms with Gasteiger partial charge in [-0.25, -0.2) is 0 Å². The number of unbranched alkanes of at least 4 members (excludes halogenated alkanes) is 2. The Kier molecular flexibility index (Phi) is 5.85. The lowest BCUT2D eigenvalue weighted by atomic mass is 9.68. The molecule has 4 aliphatic rings. The average Bonchev–Trinajstić information content (AvgIpc) is 3.54. The highest BCUT2D eigenvalue weighted by Gasteiger charge is 2.69. The van der Waals surface area contributed by atoms with Gasteiger partial charge in [0, 0.05) is 34.0 Å². The van der Waals surface area contributed by atoms with Crippen LogP contribution in [0.15, 0.2) is 34.1 Å². The number of amides is 2. The maximum Gasteiger partial charge on any atom is 0.305 e. The Hall–Kier alpha value is -2.10. The van der Waals surface area contributed by atoms with E-state index in [0.717, 1.165) is 21.9 Å². The van der Waals surface area contributed by atoms with E-state index in [9.17, 15) is 19.2 Å². The molecular formula is C25H25ClN2O5S2. The van der Waals surface area contributed by atoms with Crippen LogP contribution in [0.5, 0.6) is 0 Å². The molecule has 7 nitrogen and oxygen atoms in total. The minimum absolute atomic E-state index is 0.00128. The van der Waals surface area contributed by atoms with Gasteiger partial charge in [-0.2, -0.15) is 0 Å². The van der Waals surface area contributed by atoms with Gasteiger partial charge in [-0.3, -0.25) is 24.1 Å². The number of aliphatic carboxylic acids is 1. The molecule has 2 amide bonds. The van der Waals surface area contributed by atoms with Gasteiger partial charge in [0.2, 0.25) is 11.8 Å². The standard InChI is InChI=1S/C25H25ClN2O5S2/c26-12-7-5-11(6-8-12)16-17-13-10-14(20(17)34-22-21(16)35-25(33)27-22)19-18(13)23(31)28(24(19)32)9-3-1-2-4-15(29)30/h5-8,13-14,16-20H,1-4,9-10H2,(H,27,33)(H,29,30)/t13-,14-,16-,17-,18+,19-,20-/m1/s1. The molecule has 0 radical (unpaired) electrons. The summed E-state index contributed by atoms with van der Waals surface area (Å²) in [5.74, 6) is -1.12. The van der Waals surface area contributed by atoms with Crippen LogP contribution in [0.2, 0.25) is 5.02 Å². The Bertz CT molecular complexity index is 1260. The van der Waals surface area contributed by atoms with Crippen molar-refractivity contribution in [2.24, 2.45) is 29.6 Å². The van der Waals surface area contributed by atoms with E-state index >= 15 is 0 Å². The lowest BCUT2D eigenvalue weighted by molar-refractivity contribution is -0.141. The Labute approximate surface area is 215 Å². The number of likely N-dealkylation sites (tertiary alicyclic amines) is 1. The second-order valence-corrected chi connectivity index (χ2v) is 12.7. The third-order valence-corrected chi connectivity index (χ3v) is 11.2. The molecule has 2 bridgehead atoms. The molecule has 2 N–H and O–H groups in total. The average molecular weight is 533 g/mol. The van der Waals surface area contributed by atoms with Crippen molar-refractivity contribution in [3.05, 3.63) is 49.4 Å². The minimum atomic E-state index is -0.824. The quantitative estimate of drug-likeness (QED) is 0.408. The summed E-state index contributed by atoms with van der Waals surface area (Å²) >= 11 is 9.09. The first kappa shape index (κ1) is 23.3. The van der Waals surface area contributed by atoms with Crippen LogP contribution in [0.4, 0.5) is 0 Å². The van der Waals surface area contributed by atoms with Crippen LogP contribution in [0.1, 0.15) is 48.5 Å². The Morgan fingerprint density at radius 3 is 2.49 bits per heavy atom. The monoisotopic (exact) mass is 532 g/mol. The third-order valence-electron chi connectivity index (χ3n) is 8.32. The van der Waals surface area contributed by atoms with Crippen molar-refractivity contribution in [1.29, 1.82) is 0 Å². The number of thioether (sulfide) groups is 1. The van der Waals surface area contributed by atoms with Gasteiger partial charge in [0.05, 0.1) is 16.9 Å². The highest BCUT2D eigenvalue weighted by atomic mass is 35.5. The van der Waals surface area contributed by atoms with Gasteiger partial charge in [0.15, 0.2) is 0 Å². The minimum Gasteiger partial charge on any atom is -0.481 e. The summed E-state index contributed by atoms with van der Waals surface area (Å²) in [5.41, 5.74) is 1.09. The van der Waals surface area contributed by atoms with E-state index in [1.807, 2.05) is 24.3 Å². The fraction of sp³-hybridized carbons (Fsp3) is 0.520. The molecule has 3 fully saturated rings. The van der Waals surface area contributed by atoms with Crippen LogP contribution in [-0.4, -0.2) is 44.6 Å². The first-order valence-corrected chi connectivity index (χ1v) is 14.1. The smallest absolute Gasteiger partial charge is 0.305 e. The van der Waals surface area contributed by atoms with E-state index in [1.165, 1.54) is 16.2 Å². The van der Waals surface area contributed by atoms with E-state index < -0.39 is 5.97 Å². The number of thiazole rings is 1. The number of fused-ring (bicyclic) bond motifs is 9. The van der Waals surface area contributed by atoms with Crippen LogP contribution in [-0.2, 0) is 14.4 Å². The molecule has 2 saturated carbocycles. The number of carboxylic acids is 1. The van der Waals surface area contributed by atoms with Gasteiger partial charge in [0.1, 0.15) is 0 Å². The van der Waals surface area contributed by atoms with Crippen molar-refractivity contribution >= 4 is 52.5 Å². The number of imide groups is 1. The van der Waals surface area contributed by atoms with E-state index in [1.54, 1.807) is 11.8 Å². The van der Waals surface area contributed by atoms with Crippen molar-refractivity contribution in [3.8, 4) is 0 Å². The second-order valence-electron chi connectivity index (χ2n) is 10.0. The number of rotatable bonds is 7. The molecule has 184 valence electrons. The molecule has 1 aromatic heterocycles. The van der Waals surface area contributed by atoms with Crippen LogP contribution in [0.3, 0.4) is 0 Å². The molecule has 7 atom stereocenters. The molecule has 0 unspecified atom stereocenters. The number of aromatic amines is 1. The first-order valence-electron chi connectivity index (χ1n) is 12.1. The third kappa shape index (κ3) is 3.69. The van der Waals surface area contributed by atoms with Gasteiger partial charge in [0.25, 0.3) is 0 Å². The molecule has 0 spiro atoms. The number of aromatic nitrogens is 1.